The molecule has 7 heteroatoms. The van der Waals surface area contributed by atoms with Crippen LogP contribution < -0.4 is 10.6 Å². The average molecular weight is 317 g/mol. The van der Waals surface area contributed by atoms with Crippen LogP contribution in [0.3, 0.4) is 0 Å². The van der Waals surface area contributed by atoms with Crippen molar-refractivity contribution in [2.45, 2.75) is 11.8 Å². The van der Waals surface area contributed by atoms with Gasteiger partial charge in [0, 0.05) is 12.8 Å². The molecule has 1 aromatic rings. The van der Waals surface area contributed by atoms with E-state index < -0.39 is 9.84 Å². The molecule has 1 amide bonds. The van der Waals surface area contributed by atoms with Crippen molar-refractivity contribution >= 4 is 33.0 Å². The Bertz CT molecular complexity index is 631. The van der Waals surface area contributed by atoms with Gasteiger partial charge in [-0.05, 0) is 30.7 Å². The van der Waals surface area contributed by atoms with Crippen LogP contribution in [0.25, 0.3) is 0 Å². The average Bonchev–Trinajstić information content (AvgIpc) is 2.77. The molecule has 1 heterocycles. The summed E-state index contributed by atoms with van der Waals surface area (Å²) in [4.78, 5) is 12.3. The Labute approximate surface area is 123 Å². The highest BCUT2D eigenvalue weighted by Crippen LogP contribution is 2.27. The molecule has 1 aromatic carbocycles. The molecule has 2 rings (SSSR count). The molecule has 0 unspecified atom stereocenters. The van der Waals surface area contributed by atoms with Gasteiger partial charge < -0.3 is 10.6 Å². The van der Waals surface area contributed by atoms with Gasteiger partial charge in [-0.2, -0.15) is 0 Å². The fourth-order valence-corrected chi connectivity index (χ4v) is 3.03. The zero-order valence-corrected chi connectivity index (χ0v) is 12.9. The molecule has 5 nitrogen and oxygen atoms in total. The van der Waals surface area contributed by atoms with E-state index in [1.807, 2.05) is 6.92 Å². The molecular formula is C13H17ClN2O3S. The lowest BCUT2D eigenvalue weighted by Crippen LogP contribution is -2.28. The zero-order valence-electron chi connectivity index (χ0n) is 11.3. The van der Waals surface area contributed by atoms with E-state index in [-0.39, 0.29) is 22.6 Å². The molecule has 110 valence electrons. The van der Waals surface area contributed by atoms with Gasteiger partial charge in [-0.1, -0.05) is 18.5 Å². The van der Waals surface area contributed by atoms with Crippen LogP contribution >= 0.6 is 11.6 Å². The summed E-state index contributed by atoms with van der Waals surface area (Å²) in [5, 5.41) is 6.19. The standard InChI is InChI=1S/C13H17ClN2O3S/c1-8-6-15-7-10(8)13(17)16-12-5-9(20(2,18)19)3-4-11(12)14/h3-5,8,10,15H,6-7H2,1-2H3,(H,16,17)/t8-,10-/m1/s1. The Morgan fingerprint density at radius 2 is 2.10 bits per heavy atom. The number of amides is 1. The van der Waals surface area contributed by atoms with E-state index in [0.29, 0.717) is 17.3 Å². The predicted molar refractivity (Wildman–Crippen MR) is 78.7 cm³/mol. The number of carbonyl (C=O) groups is 1. The van der Waals surface area contributed by atoms with Crippen LogP contribution in [0.5, 0.6) is 0 Å². The summed E-state index contributed by atoms with van der Waals surface area (Å²) in [6, 6.07) is 4.29. The molecular weight excluding hydrogens is 300 g/mol. The molecule has 2 N–H and O–H groups in total. The van der Waals surface area contributed by atoms with Crippen molar-refractivity contribution in [2.24, 2.45) is 11.8 Å². The topological polar surface area (TPSA) is 75.3 Å². The molecule has 1 aliphatic rings. The van der Waals surface area contributed by atoms with Crippen molar-refractivity contribution in [2.75, 3.05) is 24.7 Å². The number of rotatable bonds is 3. The fourth-order valence-electron chi connectivity index (χ4n) is 2.22. The minimum atomic E-state index is -3.33. The summed E-state index contributed by atoms with van der Waals surface area (Å²) in [6.45, 7) is 3.42. The number of sulfone groups is 1. The maximum absolute atomic E-state index is 12.2. The summed E-state index contributed by atoms with van der Waals surface area (Å²) < 4.78 is 23.0. The number of anilines is 1. The van der Waals surface area contributed by atoms with E-state index in [9.17, 15) is 13.2 Å². The van der Waals surface area contributed by atoms with Crippen molar-refractivity contribution in [3.05, 3.63) is 23.2 Å². The third kappa shape index (κ3) is 3.31. The highest BCUT2D eigenvalue weighted by Gasteiger charge is 2.29. The van der Waals surface area contributed by atoms with E-state index in [1.54, 1.807) is 0 Å². The molecule has 0 aromatic heterocycles. The van der Waals surface area contributed by atoms with E-state index in [0.717, 1.165) is 12.8 Å². The van der Waals surface area contributed by atoms with Gasteiger partial charge >= 0.3 is 0 Å². The zero-order chi connectivity index (χ0) is 14.9. The number of nitrogens with one attached hydrogen (secondary N) is 2. The largest absolute Gasteiger partial charge is 0.324 e. The summed E-state index contributed by atoms with van der Waals surface area (Å²) in [7, 11) is -3.33. The first-order valence-electron chi connectivity index (χ1n) is 6.30. The lowest BCUT2D eigenvalue weighted by Gasteiger charge is -2.15. The number of hydrogen-bond acceptors (Lipinski definition) is 4. The Hall–Kier alpha value is -1.11. The quantitative estimate of drug-likeness (QED) is 0.887. The summed E-state index contributed by atoms with van der Waals surface area (Å²) in [6.07, 6.45) is 1.12. The summed E-state index contributed by atoms with van der Waals surface area (Å²) in [5.41, 5.74) is 0.332. The molecule has 0 radical (unpaired) electrons. The van der Waals surface area contributed by atoms with Crippen LogP contribution in [0.15, 0.2) is 23.1 Å². The van der Waals surface area contributed by atoms with Gasteiger partial charge in [0.1, 0.15) is 0 Å². The Balaban J connectivity index is 2.22. The third-order valence-corrected chi connectivity index (χ3v) is 4.92. The van der Waals surface area contributed by atoms with Crippen LogP contribution in [-0.2, 0) is 14.6 Å². The molecule has 0 saturated carbocycles. The molecule has 0 aliphatic carbocycles. The first-order valence-corrected chi connectivity index (χ1v) is 8.57. The smallest absolute Gasteiger partial charge is 0.229 e. The van der Waals surface area contributed by atoms with Crippen molar-refractivity contribution in [1.82, 2.24) is 5.32 Å². The van der Waals surface area contributed by atoms with E-state index in [2.05, 4.69) is 10.6 Å². The second-order valence-corrected chi connectivity index (χ2v) is 7.57. The van der Waals surface area contributed by atoms with Crippen LogP contribution in [0.2, 0.25) is 5.02 Å². The van der Waals surface area contributed by atoms with E-state index in [4.69, 9.17) is 11.6 Å². The summed E-state index contributed by atoms with van der Waals surface area (Å²) >= 11 is 6.01. The molecule has 1 aliphatic heterocycles. The van der Waals surface area contributed by atoms with Crippen molar-refractivity contribution in [3.63, 3.8) is 0 Å². The van der Waals surface area contributed by atoms with Crippen LogP contribution in [-0.4, -0.2) is 33.7 Å². The molecule has 0 bridgehead atoms. The Kier molecular flexibility index (Phi) is 4.36. The number of hydrogen-bond donors (Lipinski definition) is 2. The van der Waals surface area contributed by atoms with Gasteiger partial charge in [0.25, 0.3) is 0 Å². The maximum atomic E-state index is 12.2. The van der Waals surface area contributed by atoms with Gasteiger partial charge in [0.05, 0.1) is 21.5 Å². The highest BCUT2D eigenvalue weighted by molar-refractivity contribution is 7.90. The van der Waals surface area contributed by atoms with Crippen LogP contribution in [0.1, 0.15) is 6.92 Å². The predicted octanol–water partition coefficient (Wildman–Crippen LogP) is 1.54. The molecule has 1 saturated heterocycles. The second-order valence-electron chi connectivity index (χ2n) is 5.15. The Morgan fingerprint density at radius 1 is 1.40 bits per heavy atom. The number of carbonyl (C=O) groups excluding carboxylic acids is 1. The SMILES string of the molecule is C[C@@H]1CNC[C@H]1C(=O)Nc1cc(S(C)(=O)=O)ccc1Cl. The van der Waals surface area contributed by atoms with Gasteiger partial charge in [-0.25, -0.2) is 8.42 Å². The molecule has 20 heavy (non-hydrogen) atoms. The van der Waals surface area contributed by atoms with Crippen LogP contribution in [0, 0.1) is 11.8 Å². The molecule has 1 fully saturated rings. The minimum Gasteiger partial charge on any atom is -0.324 e. The van der Waals surface area contributed by atoms with Crippen molar-refractivity contribution < 1.29 is 13.2 Å². The number of benzene rings is 1. The fraction of sp³-hybridized carbons (Fsp3) is 0.462. The van der Waals surface area contributed by atoms with Gasteiger partial charge in [-0.15, -0.1) is 0 Å². The lowest BCUT2D eigenvalue weighted by atomic mass is 9.97. The second kappa shape index (κ2) is 5.71. The van der Waals surface area contributed by atoms with Gasteiger partial charge in [0.15, 0.2) is 9.84 Å². The normalized spacial score (nSPS) is 22.8. The van der Waals surface area contributed by atoms with Crippen LogP contribution in [0.4, 0.5) is 5.69 Å². The van der Waals surface area contributed by atoms with E-state index in [1.165, 1.54) is 18.2 Å². The lowest BCUT2D eigenvalue weighted by molar-refractivity contribution is -0.120. The van der Waals surface area contributed by atoms with Crippen molar-refractivity contribution in [3.8, 4) is 0 Å². The molecule has 2 atom stereocenters. The summed E-state index contributed by atoms with van der Waals surface area (Å²) in [5.74, 6) is -0.0325. The van der Waals surface area contributed by atoms with E-state index >= 15 is 0 Å². The first kappa shape index (κ1) is 15.3. The van der Waals surface area contributed by atoms with Crippen molar-refractivity contribution in [1.29, 1.82) is 0 Å². The highest BCUT2D eigenvalue weighted by atomic mass is 35.5. The number of halogens is 1. The molecule has 0 spiro atoms. The van der Waals surface area contributed by atoms with Gasteiger partial charge in [-0.3, -0.25) is 4.79 Å². The maximum Gasteiger partial charge on any atom is 0.229 e. The monoisotopic (exact) mass is 316 g/mol. The minimum absolute atomic E-state index is 0.132. The van der Waals surface area contributed by atoms with Gasteiger partial charge in [0.2, 0.25) is 5.91 Å². The third-order valence-electron chi connectivity index (χ3n) is 3.48. The Morgan fingerprint density at radius 3 is 2.65 bits per heavy atom. The first-order chi connectivity index (χ1) is 9.29.